The molecule has 118 valence electrons. The van der Waals surface area contributed by atoms with E-state index in [0.29, 0.717) is 13.0 Å². The van der Waals surface area contributed by atoms with Gasteiger partial charge in [-0.05, 0) is 47.5 Å². The van der Waals surface area contributed by atoms with Crippen molar-refractivity contribution >= 4 is 13.1 Å². The van der Waals surface area contributed by atoms with E-state index in [4.69, 9.17) is 9.47 Å². The smallest absolute Gasteiger partial charge is 0.296 e. The van der Waals surface area contributed by atoms with E-state index in [1.165, 1.54) is 0 Å². The van der Waals surface area contributed by atoms with E-state index < -0.39 is 11.1 Å². The molecule has 0 aliphatic heterocycles. The molecule has 0 saturated carbocycles. The normalized spacial score (nSPS) is 13.9. The first kappa shape index (κ1) is 19.5. The van der Waals surface area contributed by atoms with E-state index in [9.17, 15) is 9.90 Å². The van der Waals surface area contributed by atoms with Gasteiger partial charge in [-0.1, -0.05) is 19.8 Å². The lowest BCUT2D eigenvalue weighted by atomic mass is 9.62. The van der Waals surface area contributed by atoms with Crippen molar-refractivity contribution < 1.29 is 19.4 Å². The summed E-state index contributed by atoms with van der Waals surface area (Å²) >= 11 is 0. The van der Waals surface area contributed by atoms with Gasteiger partial charge in [0.25, 0.3) is 13.1 Å². The fourth-order valence-electron chi connectivity index (χ4n) is 1.79. The second kappa shape index (κ2) is 8.68. The van der Waals surface area contributed by atoms with Crippen LogP contribution in [-0.4, -0.2) is 42.1 Å². The molecule has 1 unspecified atom stereocenters. The lowest BCUT2D eigenvalue weighted by Crippen LogP contribution is -2.39. The highest BCUT2D eigenvalue weighted by molar-refractivity contribution is 6.74. The van der Waals surface area contributed by atoms with E-state index in [-0.39, 0.29) is 19.3 Å². The van der Waals surface area contributed by atoms with Crippen LogP contribution in [0.3, 0.4) is 0 Å². The summed E-state index contributed by atoms with van der Waals surface area (Å²) in [6.07, 6.45) is 3.59. The second-order valence-electron chi connectivity index (χ2n) is 6.79. The van der Waals surface area contributed by atoms with E-state index in [1.807, 2.05) is 20.8 Å². The molecule has 0 radical (unpaired) electrons. The molecule has 0 heterocycles. The monoisotopic (exact) mass is 286 g/mol. The van der Waals surface area contributed by atoms with Crippen molar-refractivity contribution in [2.24, 2.45) is 0 Å². The van der Waals surface area contributed by atoms with Crippen molar-refractivity contribution in [3.8, 4) is 0 Å². The highest BCUT2D eigenvalue weighted by Gasteiger charge is 2.28. The second-order valence-corrected chi connectivity index (χ2v) is 6.79. The number of carbonyl (C=O) groups is 1. The minimum absolute atomic E-state index is 0.0328. The van der Waals surface area contributed by atoms with Gasteiger partial charge < -0.3 is 14.6 Å². The zero-order valence-electron chi connectivity index (χ0n) is 14.0. The van der Waals surface area contributed by atoms with Crippen molar-refractivity contribution in [1.29, 1.82) is 0 Å². The van der Waals surface area contributed by atoms with Crippen LogP contribution >= 0.6 is 0 Å². The number of unbranched alkanes of at least 4 members (excludes halogenated alkanes) is 1. The summed E-state index contributed by atoms with van der Waals surface area (Å²) in [5, 5.41) is 9.63. The van der Waals surface area contributed by atoms with Gasteiger partial charge in [0.15, 0.2) is 0 Å². The molecule has 0 amide bonds. The topological polar surface area (TPSA) is 55.8 Å². The van der Waals surface area contributed by atoms with Gasteiger partial charge in [0.2, 0.25) is 0 Å². The quantitative estimate of drug-likeness (QED) is 0.627. The number of hydrogen-bond acceptors (Lipinski definition) is 4. The molecule has 0 spiro atoms. The number of aliphatic hydroxyl groups is 1. The van der Waals surface area contributed by atoms with Crippen LogP contribution in [-0.2, 0) is 9.47 Å². The molecule has 1 N–H and O–H groups in total. The summed E-state index contributed by atoms with van der Waals surface area (Å²) in [6.45, 7) is 11.7. The van der Waals surface area contributed by atoms with Crippen molar-refractivity contribution in [3.63, 3.8) is 0 Å². The number of carbonyl (C=O) groups excluding carboxylic acids is 1. The molecule has 20 heavy (non-hydrogen) atoms. The third kappa shape index (κ3) is 11.3. The molecule has 0 aromatic carbocycles. The lowest BCUT2D eigenvalue weighted by molar-refractivity contribution is -0.00775. The average Bonchev–Trinajstić information content (AvgIpc) is 2.22. The molecule has 5 heteroatoms. The first-order valence-electron chi connectivity index (χ1n) is 7.61. The first-order chi connectivity index (χ1) is 9.06. The lowest BCUT2D eigenvalue weighted by Gasteiger charge is -2.26. The molecule has 0 saturated heterocycles. The Bertz CT molecular complexity index is 284. The van der Waals surface area contributed by atoms with E-state index in [0.717, 1.165) is 19.3 Å². The summed E-state index contributed by atoms with van der Waals surface area (Å²) in [6, 6.07) is 0. The molecule has 0 rings (SSSR count). The maximum atomic E-state index is 11.8. The van der Waals surface area contributed by atoms with Crippen LogP contribution in [0.25, 0.3) is 0 Å². The fraction of sp³-hybridized carbons (Fsp3) is 0.933. The van der Waals surface area contributed by atoms with Gasteiger partial charge in [0.05, 0.1) is 11.7 Å². The Morgan fingerprint density at radius 3 is 2.40 bits per heavy atom. The molecular weight excluding hydrogens is 255 g/mol. The minimum Gasteiger partial charge on any atom is -0.471 e. The number of hydrogen-bond donors (Lipinski definition) is 1. The Morgan fingerprint density at radius 2 is 1.90 bits per heavy atom. The highest BCUT2D eigenvalue weighted by Crippen LogP contribution is 2.14. The minimum atomic E-state index is -0.745. The largest absolute Gasteiger partial charge is 0.471 e. The molecule has 0 bridgehead atoms. The standard InChI is InChI=1S/C15H31BO4/c1-7-8-9-12(2)20-13(17)16-15(5,6)19-11-10-14(3,4)18/h12,16,18H,7-11H2,1-6H3. The Balaban J connectivity index is 4.02. The molecule has 0 aromatic rings. The molecule has 4 nitrogen and oxygen atoms in total. The van der Waals surface area contributed by atoms with Crippen LogP contribution in [0.15, 0.2) is 0 Å². The SMILES string of the molecule is CCCCC(C)OC(=O)BC(C)(C)OCCC(C)(C)O. The van der Waals surface area contributed by atoms with Crippen LogP contribution in [0.2, 0.25) is 0 Å². The van der Waals surface area contributed by atoms with E-state index in [1.54, 1.807) is 13.8 Å². The van der Waals surface area contributed by atoms with Gasteiger partial charge in [0, 0.05) is 12.1 Å². The van der Waals surface area contributed by atoms with Gasteiger partial charge >= 0.3 is 0 Å². The molecule has 0 aromatic heterocycles. The molecule has 0 aliphatic rings. The van der Waals surface area contributed by atoms with Gasteiger partial charge in [0.1, 0.15) is 0 Å². The summed E-state index contributed by atoms with van der Waals surface area (Å²) in [7, 11) is 0.231. The van der Waals surface area contributed by atoms with Crippen LogP contribution in [0, 0.1) is 0 Å². The van der Waals surface area contributed by atoms with Crippen LogP contribution < -0.4 is 0 Å². The Kier molecular flexibility index (Phi) is 8.44. The van der Waals surface area contributed by atoms with Crippen molar-refractivity contribution in [1.82, 2.24) is 0 Å². The van der Waals surface area contributed by atoms with Gasteiger partial charge in [-0.3, -0.25) is 4.79 Å². The molecular formula is C15H31BO4. The molecule has 0 aliphatic carbocycles. The van der Waals surface area contributed by atoms with Crippen LogP contribution in [0.1, 0.15) is 67.2 Å². The summed E-state index contributed by atoms with van der Waals surface area (Å²) in [4.78, 5) is 11.8. The van der Waals surface area contributed by atoms with Gasteiger partial charge in [-0.2, -0.15) is 0 Å². The third-order valence-electron chi connectivity index (χ3n) is 3.07. The zero-order chi connectivity index (χ0) is 15.8. The van der Waals surface area contributed by atoms with Gasteiger partial charge in [-0.15, -0.1) is 0 Å². The van der Waals surface area contributed by atoms with Crippen LogP contribution in [0.4, 0.5) is 4.79 Å². The molecule has 0 fully saturated rings. The first-order valence-corrected chi connectivity index (χ1v) is 7.61. The van der Waals surface area contributed by atoms with Crippen molar-refractivity contribution in [2.45, 2.75) is 84.4 Å². The number of rotatable bonds is 10. The van der Waals surface area contributed by atoms with Gasteiger partial charge in [-0.25, -0.2) is 0 Å². The van der Waals surface area contributed by atoms with E-state index in [2.05, 4.69) is 6.92 Å². The summed E-state index contributed by atoms with van der Waals surface area (Å²) in [5.74, 6) is -0.220. The highest BCUT2D eigenvalue weighted by atomic mass is 16.5. The third-order valence-corrected chi connectivity index (χ3v) is 3.07. The fourth-order valence-corrected chi connectivity index (χ4v) is 1.79. The Hall–Kier alpha value is -0.545. The predicted octanol–water partition coefficient (Wildman–Crippen LogP) is 3.05. The van der Waals surface area contributed by atoms with Crippen molar-refractivity contribution in [3.05, 3.63) is 0 Å². The summed E-state index contributed by atoms with van der Waals surface area (Å²) in [5.41, 5.74) is -1.31. The predicted molar refractivity (Wildman–Crippen MR) is 83.6 cm³/mol. The van der Waals surface area contributed by atoms with E-state index >= 15 is 0 Å². The maximum Gasteiger partial charge on any atom is 0.296 e. The zero-order valence-corrected chi connectivity index (χ0v) is 14.0. The average molecular weight is 286 g/mol. The summed E-state index contributed by atoms with van der Waals surface area (Å²) < 4.78 is 11.0. The Morgan fingerprint density at radius 1 is 1.30 bits per heavy atom. The maximum absolute atomic E-state index is 11.8. The van der Waals surface area contributed by atoms with Crippen molar-refractivity contribution in [2.75, 3.05) is 6.61 Å². The number of ether oxygens (including phenoxy) is 2. The molecule has 1 atom stereocenters. The Labute approximate surface area is 124 Å². The van der Waals surface area contributed by atoms with Crippen LogP contribution in [0.5, 0.6) is 0 Å².